The summed E-state index contributed by atoms with van der Waals surface area (Å²) in [6.07, 6.45) is 5.11. The normalized spacial score (nSPS) is 10.9. The van der Waals surface area contributed by atoms with Crippen LogP contribution in [0.4, 0.5) is 0 Å². The van der Waals surface area contributed by atoms with Crippen LogP contribution < -0.4 is 0 Å². The van der Waals surface area contributed by atoms with Crippen LogP contribution in [0.15, 0.2) is 84.9 Å². The standard InChI is InChI=1S/C21H18O/c22-21-15-14-18(11-7-10-17-8-3-1-4-9-17)16-20(21)19-12-5-2-6-13-19/h1-10,12-16,22H,11H2. The fraction of sp³-hybridized carbons (Fsp3) is 0.0476. The zero-order valence-electron chi connectivity index (χ0n) is 12.3. The Labute approximate surface area is 131 Å². The maximum absolute atomic E-state index is 10.1. The van der Waals surface area contributed by atoms with Gasteiger partial charge in [-0.25, -0.2) is 0 Å². The van der Waals surface area contributed by atoms with E-state index in [2.05, 4.69) is 30.4 Å². The van der Waals surface area contributed by atoms with Gasteiger partial charge in [0.05, 0.1) is 0 Å². The third-order valence-corrected chi connectivity index (χ3v) is 3.61. The topological polar surface area (TPSA) is 20.2 Å². The van der Waals surface area contributed by atoms with Gasteiger partial charge in [-0.05, 0) is 35.2 Å². The van der Waals surface area contributed by atoms with Crippen molar-refractivity contribution in [1.82, 2.24) is 0 Å². The van der Waals surface area contributed by atoms with Gasteiger partial charge in [0, 0.05) is 5.56 Å². The lowest BCUT2D eigenvalue weighted by molar-refractivity contribution is 0.477. The van der Waals surface area contributed by atoms with Crippen molar-refractivity contribution in [3.63, 3.8) is 0 Å². The summed E-state index contributed by atoms with van der Waals surface area (Å²) in [6.45, 7) is 0. The third-order valence-electron chi connectivity index (χ3n) is 3.61. The number of allylic oxidation sites excluding steroid dienone is 1. The minimum Gasteiger partial charge on any atom is -0.507 e. The maximum atomic E-state index is 10.1. The van der Waals surface area contributed by atoms with E-state index in [1.165, 1.54) is 11.1 Å². The largest absolute Gasteiger partial charge is 0.507 e. The monoisotopic (exact) mass is 286 g/mol. The van der Waals surface area contributed by atoms with Gasteiger partial charge in [0.1, 0.15) is 5.75 Å². The summed E-state index contributed by atoms with van der Waals surface area (Å²) in [5.74, 6) is 0.321. The second-order valence-corrected chi connectivity index (χ2v) is 5.23. The minimum absolute atomic E-state index is 0.321. The quantitative estimate of drug-likeness (QED) is 0.688. The molecule has 0 saturated heterocycles. The molecule has 0 bridgehead atoms. The first-order valence-corrected chi connectivity index (χ1v) is 7.42. The van der Waals surface area contributed by atoms with Gasteiger partial charge in [-0.15, -0.1) is 0 Å². The van der Waals surface area contributed by atoms with Gasteiger partial charge in [0.25, 0.3) is 0 Å². The van der Waals surface area contributed by atoms with Crippen molar-refractivity contribution in [2.24, 2.45) is 0 Å². The smallest absolute Gasteiger partial charge is 0.123 e. The highest BCUT2D eigenvalue weighted by molar-refractivity contribution is 5.70. The van der Waals surface area contributed by atoms with Crippen molar-refractivity contribution in [1.29, 1.82) is 0 Å². The molecule has 0 radical (unpaired) electrons. The minimum atomic E-state index is 0.321. The summed E-state index contributed by atoms with van der Waals surface area (Å²) in [5.41, 5.74) is 4.30. The lowest BCUT2D eigenvalue weighted by atomic mass is 10.0. The number of phenolic OH excluding ortho intramolecular Hbond substituents is 1. The Bertz CT molecular complexity index is 758. The highest BCUT2D eigenvalue weighted by Crippen LogP contribution is 2.30. The van der Waals surface area contributed by atoms with Gasteiger partial charge in [-0.3, -0.25) is 0 Å². The molecule has 0 atom stereocenters. The Kier molecular flexibility index (Phi) is 4.35. The lowest BCUT2D eigenvalue weighted by Gasteiger charge is -2.07. The molecule has 0 amide bonds. The average Bonchev–Trinajstić information content (AvgIpc) is 2.58. The number of hydrogen-bond donors (Lipinski definition) is 1. The van der Waals surface area contributed by atoms with Crippen LogP contribution in [0.3, 0.4) is 0 Å². The Morgan fingerprint density at radius 3 is 2.18 bits per heavy atom. The van der Waals surface area contributed by atoms with Gasteiger partial charge in [-0.2, -0.15) is 0 Å². The zero-order valence-corrected chi connectivity index (χ0v) is 12.3. The van der Waals surface area contributed by atoms with Crippen molar-refractivity contribution < 1.29 is 5.11 Å². The van der Waals surface area contributed by atoms with Crippen molar-refractivity contribution in [2.45, 2.75) is 6.42 Å². The summed E-state index contributed by atoms with van der Waals surface area (Å²) in [7, 11) is 0. The van der Waals surface area contributed by atoms with Crippen molar-refractivity contribution >= 4 is 6.08 Å². The predicted molar refractivity (Wildman–Crippen MR) is 92.7 cm³/mol. The molecule has 0 aliphatic heterocycles. The molecule has 0 aliphatic rings. The van der Waals surface area contributed by atoms with E-state index in [9.17, 15) is 5.11 Å². The first kappa shape index (κ1) is 14.2. The molecule has 1 nitrogen and oxygen atoms in total. The number of phenols is 1. The highest BCUT2D eigenvalue weighted by Gasteiger charge is 2.04. The fourth-order valence-electron chi connectivity index (χ4n) is 2.45. The Balaban J connectivity index is 1.80. The van der Waals surface area contributed by atoms with E-state index in [0.717, 1.165) is 17.5 Å². The number of aromatic hydroxyl groups is 1. The summed E-state index contributed by atoms with van der Waals surface area (Å²) in [5, 5.41) is 10.1. The van der Waals surface area contributed by atoms with Crippen molar-refractivity contribution in [3.8, 4) is 16.9 Å². The zero-order chi connectivity index (χ0) is 15.2. The average molecular weight is 286 g/mol. The van der Waals surface area contributed by atoms with Crippen LogP contribution in [0.2, 0.25) is 0 Å². The molecule has 0 aliphatic carbocycles. The molecule has 0 unspecified atom stereocenters. The Morgan fingerprint density at radius 2 is 1.45 bits per heavy atom. The van der Waals surface area contributed by atoms with Gasteiger partial charge in [0.2, 0.25) is 0 Å². The van der Waals surface area contributed by atoms with E-state index < -0.39 is 0 Å². The van der Waals surface area contributed by atoms with Gasteiger partial charge in [0.15, 0.2) is 0 Å². The molecule has 22 heavy (non-hydrogen) atoms. The number of rotatable bonds is 4. The van der Waals surface area contributed by atoms with Gasteiger partial charge >= 0.3 is 0 Å². The molecule has 108 valence electrons. The molecule has 0 saturated carbocycles. The second-order valence-electron chi connectivity index (χ2n) is 5.23. The van der Waals surface area contributed by atoms with E-state index >= 15 is 0 Å². The van der Waals surface area contributed by atoms with E-state index in [4.69, 9.17) is 0 Å². The molecule has 3 aromatic rings. The van der Waals surface area contributed by atoms with Gasteiger partial charge < -0.3 is 5.11 Å². The molecule has 0 fully saturated rings. The Morgan fingerprint density at radius 1 is 0.773 bits per heavy atom. The first-order valence-electron chi connectivity index (χ1n) is 7.42. The van der Waals surface area contributed by atoms with E-state index in [-0.39, 0.29) is 0 Å². The van der Waals surface area contributed by atoms with Crippen LogP contribution >= 0.6 is 0 Å². The lowest BCUT2D eigenvalue weighted by Crippen LogP contribution is -1.85. The van der Waals surface area contributed by atoms with Crippen molar-refractivity contribution in [3.05, 3.63) is 96.1 Å². The van der Waals surface area contributed by atoms with Crippen LogP contribution in [-0.4, -0.2) is 5.11 Å². The van der Waals surface area contributed by atoms with E-state index in [1.54, 1.807) is 6.07 Å². The molecular formula is C21H18O. The number of hydrogen-bond acceptors (Lipinski definition) is 1. The first-order chi connectivity index (χ1) is 10.8. The van der Waals surface area contributed by atoms with Crippen LogP contribution in [0, 0.1) is 0 Å². The van der Waals surface area contributed by atoms with Crippen molar-refractivity contribution in [2.75, 3.05) is 0 Å². The van der Waals surface area contributed by atoms with Crippen LogP contribution in [0.5, 0.6) is 5.75 Å². The molecule has 0 heterocycles. The molecule has 0 spiro atoms. The SMILES string of the molecule is Oc1ccc(CC=Cc2ccccc2)cc1-c1ccccc1. The molecule has 1 heteroatoms. The second kappa shape index (κ2) is 6.77. The predicted octanol–water partition coefficient (Wildman–Crippen LogP) is 5.32. The third kappa shape index (κ3) is 3.44. The number of benzene rings is 3. The highest BCUT2D eigenvalue weighted by atomic mass is 16.3. The molecule has 3 aromatic carbocycles. The molecular weight excluding hydrogens is 268 g/mol. The van der Waals surface area contributed by atoms with Crippen LogP contribution in [0.25, 0.3) is 17.2 Å². The summed E-state index contributed by atoms with van der Waals surface area (Å²) in [6, 6.07) is 26.0. The van der Waals surface area contributed by atoms with E-state index in [1.807, 2.05) is 54.6 Å². The fourth-order valence-corrected chi connectivity index (χ4v) is 2.45. The Hall–Kier alpha value is -2.80. The van der Waals surface area contributed by atoms with Gasteiger partial charge in [-0.1, -0.05) is 78.9 Å². The van der Waals surface area contributed by atoms with Crippen LogP contribution in [0.1, 0.15) is 11.1 Å². The summed E-state index contributed by atoms with van der Waals surface area (Å²) in [4.78, 5) is 0. The maximum Gasteiger partial charge on any atom is 0.123 e. The molecule has 0 aromatic heterocycles. The van der Waals surface area contributed by atoms with Crippen LogP contribution in [-0.2, 0) is 6.42 Å². The van der Waals surface area contributed by atoms with E-state index in [0.29, 0.717) is 5.75 Å². The molecule has 3 rings (SSSR count). The molecule has 1 N–H and O–H groups in total. The summed E-state index contributed by atoms with van der Waals surface area (Å²) < 4.78 is 0. The summed E-state index contributed by atoms with van der Waals surface area (Å²) >= 11 is 0.